The number of aromatic nitrogens is 1. The molecule has 0 atom stereocenters. The quantitative estimate of drug-likeness (QED) is 0.756. The fourth-order valence-corrected chi connectivity index (χ4v) is 2.89. The zero-order valence-electron chi connectivity index (χ0n) is 14.2. The van der Waals surface area contributed by atoms with E-state index in [1.807, 2.05) is 18.2 Å². The van der Waals surface area contributed by atoms with Crippen LogP contribution in [0.25, 0.3) is 22.3 Å². The summed E-state index contributed by atoms with van der Waals surface area (Å²) >= 11 is 0. The number of nitrogen functional groups attached to an aromatic ring is 1. The molecule has 2 aromatic carbocycles. The molecule has 3 rings (SSSR count). The summed E-state index contributed by atoms with van der Waals surface area (Å²) < 4.78 is 32.3. The monoisotopic (exact) mass is 351 g/mol. The van der Waals surface area contributed by atoms with Crippen LogP contribution in [0.4, 0.5) is 14.6 Å². The minimum Gasteiger partial charge on any atom is -0.497 e. The summed E-state index contributed by atoms with van der Waals surface area (Å²) in [7, 11) is 1.56. The molecular formula is C20H15F2N3O. The van der Waals surface area contributed by atoms with Crippen LogP contribution in [0.1, 0.15) is 11.3 Å². The number of pyridine rings is 1. The van der Waals surface area contributed by atoms with E-state index >= 15 is 0 Å². The third kappa shape index (κ3) is 2.95. The molecule has 0 saturated carbocycles. The number of benzene rings is 2. The fraction of sp³-hybridized carbons (Fsp3) is 0.100. The number of methoxy groups -OCH3 is 1. The number of anilines is 1. The van der Waals surface area contributed by atoms with E-state index in [2.05, 4.69) is 4.98 Å². The molecule has 0 amide bonds. The third-order valence-electron chi connectivity index (χ3n) is 4.10. The Morgan fingerprint density at radius 1 is 1.00 bits per heavy atom. The Balaban J connectivity index is 2.36. The smallest absolute Gasteiger partial charge is 0.159 e. The minimum atomic E-state index is -1.000. The van der Waals surface area contributed by atoms with Crippen LogP contribution in [0, 0.1) is 29.9 Å². The average Bonchev–Trinajstić information content (AvgIpc) is 2.63. The van der Waals surface area contributed by atoms with Crippen molar-refractivity contribution in [1.82, 2.24) is 4.98 Å². The lowest BCUT2D eigenvalue weighted by Crippen LogP contribution is -2.03. The van der Waals surface area contributed by atoms with Crippen molar-refractivity contribution >= 4 is 5.82 Å². The summed E-state index contributed by atoms with van der Waals surface area (Å²) in [5.41, 5.74) is 8.76. The van der Waals surface area contributed by atoms with Gasteiger partial charge in [0.1, 0.15) is 23.2 Å². The first-order valence-electron chi connectivity index (χ1n) is 7.76. The van der Waals surface area contributed by atoms with Gasteiger partial charge in [0.15, 0.2) is 11.6 Å². The van der Waals surface area contributed by atoms with Gasteiger partial charge in [-0.15, -0.1) is 0 Å². The van der Waals surface area contributed by atoms with Gasteiger partial charge in [-0.25, -0.2) is 13.8 Å². The first-order chi connectivity index (χ1) is 12.5. The van der Waals surface area contributed by atoms with E-state index in [9.17, 15) is 14.0 Å². The maximum atomic E-state index is 13.8. The molecule has 0 bridgehead atoms. The van der Waals surface area contributed by atoms with Gasteiger partial charge in [0.25, 0.3) is 0 Å². The van der Waals surface area contributed by atoms with Crippen molar-refractivity contribution in [3.05, 3.63) is 65.4 Å². The van der Waals surface area contributed by atoms with Crippen molar-refractivity contribution in [2.75, 3.05) is 12.8 Å². The van der Waals surface area contributed by atoms with Crippen molar-refractivity contribution in [2.24, 2.45) is 0 Å². The molecule has 0 fully saturated rings. The van der Waals surface area contributed by atoms with Crippen molar-refractivity contribution in [2.45, 2.75) is 6.92 Å². The van der Waals surface area contributed by atoms with E-state index in [1.54, 1.807) is 26.2 Å². The Kier molecular flexibility index (Phi) is 4.55. The van der Waals surface area contributed by atoms with Crippen LogP contribution in [0.2, 0.25) is 0 Å². The molecular weight excluding hydrogens is 336 g/mol. The summed E-state index contributed by atoms with van der Waals surface area (Å²) in [5, 5.41) is 9.57. The summed E-state index contributed by atoms with van der Waals surface area (Å²) in [5.74, 6) is -1.25. The SMILES string of the molecule is COc1ccc(-c2c(C)nc(N)c(C#N)c2-c2ccc(F)c(F)c2)cc1. The van der Waals surface area contributed by atoms with Crippen LogP contribution in [0.15, 0.2) is 42.5 Å². The molecule has 0 spiro atoms. The molecule has 4 nitrogen and oxygen atoms in total. The van der Waals surface area contributed by atoms with E-state index in [4.69, 9.17) is 10.5 Å². The number of halogens is 2. The summed E-state index contributed by atoms with van der Waals surface area (Å²) in [4.78, 5) is 4.25. The lowest BCUT2D eigenvalue weighted by molar-refractivity contribution is 0.415. The van der Waals surface area contributed by atoms with E-state index in [0.717, 1.165) is 17.7 Å². The van der Waals surface area contributed by atoms with Crippen LogP contribution in [-0.2, 0) is 0 Å². The van der Waals surface area contributed by atoms with Gasteiger partial charge in [0.05, 0.1) is 7.11 Å². The largest absolute Gasteiger partial charge is 0.497 e. The highest BCUT2D eigenvalue weighted by molar-refractivity contribution is 5.91. The fourth-order valence-electron chi connectivity index (χ4n) is 2.89. The highest BCUT2D eigenvalue weighted by Gasteiger charge is 2.20. The van der Waals surface area contributed by atoms with Crippen LogP contribution < -0.4 is 10.5 Å². The molecule has 3 aromatic rings. The maximum Gasteiger partial charge on any atom is 0.159 e. The average molecular weight is 351 g/mol. The molecule has 130 valence electrons. The molecule has 2 N–H and O–H groups in total. The molecule has 0 aliphatic rings. The summed E-state index contributed by atoms with van der Waals surface area (Å²) in [6.45, 7) is 1.75. The van der Waals surface area contributed by atoms with E-state index in [1.165, 1.54) is 6.07 Å². The van der Waals surface area contributed by atoms with Crippen LogP contribution in [-0.4, -0.2) is 12.1 Å². The van der Waals surface area contributed by atoms with Gasteiger partial charge < -0.3 is 10.5 Å². The van der Waals surface area contributed by atoms with E-state index in [-0.39, 0.29) is 11.4 Å². The van der Waals surface area contributed by atoms with Crippen molar-refractivity contribution in [1.29, 1.82) is 5.26 Å². The molecule has 0 saturated heterocycles. The number of ether oxygens (including phenoxy) is 1. The second kappa shape index (κ2) is 6.81. The van der Waals surface area contributed by atoms with Gasteiger partial charge in [0, 0.05) is 16.8 Å². The van der Waals surface area contributed by atoms with Gasteiger partial charge in [-0.1, -0.05) is 18.2 Å². The van der Waals surface area contributed by atoms with Gasteiger partial charge in [-0.2, -0.15) is 5.26 Å². The number of nitrogens with zero attached hydrogens (tertiary/aromatic N) is 2. The van der Waals surface area contributed by atoms with Crippen LogP contribution >= 0.6 is 0 Å². The van der Waals surface area contributed by atoms with Gasteiger partial charge >= 0.3 is 0 Å². The van der Waals surface area contributed by atoms with E-state index in [0.29, 0.717) is 28.1 Å². The highest BCUT2D eigenvalue weighted by Crippen LogP contribution is 2.39. The number of hydrogen-bond donors (Lipinski definition) is 1. The molecule has 0 radical (unpaired) electrons. The predicted octanol–water partition coefficient (Wildman–Crippen LogP) is 4.46. The topological polar surface area (TPSA) is 71.9 Å². The van der Waals surface area contributed by atoms with Crippen molar-refractivity contribution < 1.29 is 13.5 Å². The Labute approximate surface area is 149 Å². The number of hydrogen-bond acceptors (Lipinski definition) is 4. The first kappa shape index (κ1) is 17.4. The zero-order chi connectivity index (χ0) is 18.8. The third-order valence-corrected chi connectivity index (χ3v) is 4.10. The molecule has 0 aliphatic heterocycles. The lowest BCUT2D eigenvalue weighted by atomic mass is 9.90. The second-order valence-electron chi connectivity index (χ2n) is 5.68. The molecule has 26 heavy (non-hydrogen) atoms. The first-order valence-corrected chi connectivity index (χ1v) is 7.76. The molecule has 0 unspecified atom stereocenters. The van der Waals surface area contributed by atoms with Crippen molar-refractivity contribution in [3.8, 4) is 34.1 Å². The molecule has 1 aromatic heterocycles. The Bertz CT molecular complexity index is 1020. The number of nitrogens with two attached hydrogens (primary N) is 1. The summed E-state index contributed by atoms with van der Waals surface area (Å²) in [6.07, 6.45) is 0. The summed E-state index contributed by atoms with van der Waals surface area (Å²) in [6, 6.07) is 12.7. The standard InChI is InChI=1S/C20H15F2N3O/c1-11-18(12-3-6-14(26-2)7-4-12)19(15(10-23)20(24)25-11)13-5-8-16(21)17(22)9-13/h3-9H,1-2H3,(H2,24,25). The number of nitriles is 1. The maximum absolute atomic E-state index is 13.8. The predicted molar refractivity (Wildman–Crippen MR) is 95.4 cm³/mol. The zero-order valence-corrected chi connectivity index (χ0v) is 14.2. The normalized spacial score (nSPS) is 10.4. The van der Waals surface area contributed by atoms with Crippen molar-refractivity contribution in [3.63, 3.8) is 0 Å². The second-order valence-corrected chi connectivity index (χ2v) is 5.68. The molecule has 6 heteroatoms. The van der Waals surface area contributed by atoms with Gasteiger partial charge in [0.2, 0.25) is 0 Å². The van der Waals surface area contributed by atoms with Gasteiger partial charge in [-0.05, 0) is 42.3 Å². The van der Waals surface area contributed by atoms with Gasteiger partial charge in [-0.3, -0.25) is 0 Å². The lowest BCUT2D eigenvalue weighted by Gasteiger charge is -2.16. The Morgan fingerprint density at radius 2 is 1.65 bits per heavy atom. The Hall–Kier alpha value is -3.46. The Morgan fingerprint density at radius 3 is 2.23 bits per heavy atom. The minimum absolute atomic E-state index is 0.0435. The van der Waals surface area contributed by atoms with Crippen LogP contribution in [0.5, 0.6) is 5.75 Å². The number of aryl methyl sites for hydroxylation is 1. The molecule has 1 heterocycles. The highest BCUT2D eigenvalue weighted by atomic mass is 19.2. The van der Waals surface area contributed by atoms with Crippen LogP contribution in [0.3, 0.4) is 0 Å². The van der Waals surface area contributed by atoms with E-state index < -0.39 is 11.6 Å². The molecule has 0 aliphatic carbocycles. The number of rotatable bonds is 3.